The fourth-order valence-electron chi connectivity index (χ4n) is 2.76. The van der Waals surface area contributed by atoms with E-state index in [1.807, 2.05) is 6.07 Å². The van der Waals surface area contributed by atoms with Gasteiger partial charge in [-0.15, -0.1) is 0 Å². The van der Waals surface area contributed by atoms with Crippen LogP contribution in [0.5, 0.6) is 0 Å². The zero-order valence-electron chi connectivity index (χ0n) is 13.0. The Labute approximate surface area is 127 Å². The minimum atomic E-state index is -3.51. The van der Waals surface area contributed by atoms with Crippen molar-refractivity contribution in [2.24, 2.45) is 5.41 Å². The van der Waals surface area contributed by atoms with Crippen molar-refractivity contribution in [2.75, 3.05) is 30.8 Å². The second-order valence-electron chi connectivity index (χ2n) is 6.09. The van der Waals surface area contributed by atoms with Crippen LogP contribution in [0.3, 0.4) is 0 Å². The molecule has 1 aliphatic heterocycles. The van der Waals surface area contributed by atoms with Crippen molar-refractivity contribution in [3.8, 4) is 0 Å². The van der Waals surface area contributed by atoms with Crippen molar-refractivity contribution in [3.63, 3.8) is 0 Å². The average Bonchev–Trinajstić information content (AvgIpc) is 2.48. The molecule has 1 heterocycles. The zero-order chi connectivity index (χ0) is 15.7. The van der Waals surface area contributed by atoms with Gasteiger partial charge in [-0.1, -0.05) is 20.3 Å². The van der Waals surface area contributed by atoms with Crippen molar-refractivity contribution in [1.82, 2.24) is 4.72 Å². The molecule has 1 fully saturated rings. The monoisotopic (exact) mass is 311 g/mol. The number of hydrogen-bond donors (Lipinski definition) is 2. The molecule has 1 saturated heterocycles. The molecule has 0 atom stereocenters. The Balaban J connectivity index is 2.34. The van der Waals surface area contributed by atoms with Crippen LogP contribution in [0.4, 0.5) is 11.4 Å². The lowest BCUT2D eigenvalue weighted by molar-refractivity contribution is 0.238. The highest BCUT2D eigenvalue weighted by molar-refractivity contribution is 7.89. The van der Waals surface area contributed by atoms with E-state index in [2.05, 4.69) is 23.5 Å². The molecule has 3 N–H and O–H groups in total. The second-order valence-corrected chi connectivity index (χ2v) is 7.94. The van der Waals surface area contributed by atoms with Gasteiger partial charge in [0.15, 0.2) is 0 Å². The predicted molar refractivity (Wildman–Crippen MR) is 86.9 cm³/mol. The molecule has 0 aliphatic carbocycles. The van der Waals surface area contributed by atoms with Gasteiger partial charge < -0.3 is 10.6 Å². The van der Waals surface area contributed by atoms with Gasteiger partial charge in [-0.3, -0.25) is 0 Å². The van der Waals surface area contributed by atoms with E-state index in [-0.39, 0.29) is 4.90 Å². The number of nitrogens with zero attached hydrogens (tertiary/aromatic N) is 1. The van der Waals surface area contributed by atoms with E-state index < -0.39 is 10.0 Å². The highest BCUT2D eigenvalue weighted by Crippen LogP contribution is 2.37. The normalized spacial score (nSPS) is 18.7. The maximum atomic E-state index is 12.2. The first-order valence-electron chi connectivity index (χ1n) is 7.39. The molecule has 0 spiro atoms. The summed E-state index contributed by atoms with van der Waals surface area (Å²) in [6.07, 6.45) is 3.31. The fourth-order valence-corrected chi connectivity index (χ4v) is 3.74. The number of sulfonamides is 1. The van der Waals surface area contributed by atoms with Gasteiger partial charge in [-0.05, 0) is 43.5 Å². The highest BCUT2D eigenvalue weighted by atomic mass is 32.2. The number of nitrogen functional groups attached to an aromatic ring is 1. The Hall–Kier alpha value is -1.27. The first-order chi connectivity index (χ1) is 9.81. The third-order valence-electron chi connectivity index (χ3n) is 4.71. The summed E-state index contributed by atoms with van der Waals surface area (Å²) in [6.45, 7) is 6.27. The number of nitrogens with one attached hydrogen (secondary N) is 1. The van der Waals surface area contributed by atoms with Crippen LogP contribution in [0, 0.1) is 5.41 Å². The van der Waals surface area contributed by atoms with Crippen LogP contribution < -0.4 is 15.4 Å². The molecule has 21 heavy (non-hydrogen) atoms. The fraction of sp³-hybridized carbons (Fsp3) is 0.600. The van der Waals surface area contributed by atoms with Gasteiger partial charge in [-0.25, -0.2) is 13.1 Å². The zero-order valence-corrected chi connectivity index (χ0v) is 13.8. The summed E-state index contributed by atoms with van der Waals surface area (Å²) in [7, 11) is -2.08. The summed E-state index contributed by atoms with van der Waals surface area (Å²) in [5.74, 6) is 0. The Morgan fingerprint density at radius 1 is 1.33 bits per heavy atom. The number of piperidine rings is 1. The number of benzene rings is 1. The number of hydrogen-bond acceptors (Lipinski definition) is 4. The molecule has 0 radical (unpaired) electrons. The Kier molecular flexibility index (Phi) is 4.49. The van der Waals surface area contributed by atoms with E-state index in [4.69, 9.17) is 5.73 Å². The molecular weight excluding hydrogens is 286 g/mol. The van der Waals surface area contributed by atoms with Crippen LogP contribution in [0.15, 0.2) is 23.1 Å². The van der Waals surface area contributed by atoms with Crippen LogP contribution in [0.25, 0.3) is 0 Å². The van der Waals surface area contributed by atoms with Gasteiger partial charge in [0, 0.05) is 18.8 Å². The molecule has 2 rings (SSSR count). The SMILES string of the molecule is CCC1(C)CCN(c2ccc(N)cc2S(=O)(=O)NC)CC1. The first-order valence-corrected chi connectivity index (χ1v) is 8.88. The van der Waals surface area contributed by atoms with Crippen LogP contribution in [0.1, 0.15) is 33.1 Å². The molecule has 0 unspecified atom stereocenters. The smallest absolute Gasteiger partial charge is 0.242 e. The van der Waals surface area contributed by atoms with Crippen molar-refractivity contribution < 1.29 is 8.42 Å². The predicted octanol–water partition coefficient (Wildman–Crippen LogP) is 2.19. The van der Waals surface area contributed by atoms with E-state index in [1.54, 1.807) is 6.07 Å². The minimum Gasteiger partial charge on any atom is -0.399 e. The van der Waals surface area contributed by atoms with Gasteiger partial charge in [-0.2, -0.15) is 0 Å². The maximum absolute atomic E-state index is 12.2. The highest BCUT2D eigenvalue weighted by Gasteiger charge is 2.30. The standard InChI is InChI=1S/C15H25N3O2S/c1-4-15(2)7-9-18(10-8-15)13-6-5-12(16)11-14(13)21(19,20)17-3/h5-6,11,17H,4,7-10,16H2,1-3H3. The summed E-state index contributed by atoms with van der Waals surface area (Å²) in [5, 5.41) is 0. The third-order valence-corrected chi connectivity index (χ3v) is 6.15. The van der Waals surface area contributed by atoms with Gasteiger partial charge in [0.25, 0.3) is 0 Å². The summed E-state index contributed by atoms with van der Waals surface area (Å²) in [4.78, 5) is 2.42. The Bertz CT molecular complexity index is 605. The van der Waals surface area contributed by atoms with E-state index in [0.29, 0.717) is 11.1 Å². The lowest BCUT2D eigenvalue weighted by Crippen LogP contribution is -2.39. The molecule has 1 aliphatic rings. The molecule has 0 aromatic heterocycles. The third kappa shape index (κ3) is 3.32. The van der Waals surface area contributed by atoms with Crippen molar-refractivity contribution in [2.45, 2.75) is 38.0 Å². The van der Waals surface area contributed by atoms with Gasteiger partial charge in [0.05, 0.1) is 5.69 Å². The quantitative estimate of drug-likeness (QED) is 0.836. The Morgan fingerprint density at radius 2 is 1.95 bits per heavy atom. The summed E-state index contributed by atoms with van der Waals surface area (Å²) in [6, 6.07) is 5.11. The van der Waals surface area contributed by atoms with E-state index in [0.717, 1.165) is 38.0 Å². The summed E-state index contributed by atoms with van der Waals surface area (Å²) >= 11 is 0. The van der Waals surface area contributed by atoms with E-state index >= 15 is 0 Å². The maximum Gasteiger partial charge on any atom is 0.242 e. The van der Waals surface area contributed by atoms with Crippen LogP contribution >= 0.6 is 0 Å². The lowest BCUT2D eigenvalue weighted by atomic mass is 9.78. The van der Waals surface area contributed by atoms with Crippen LogP contribution in [0.2, 0.25) is 0 Å². The molecule has 1 aromatic carbocycles. The Morgan fingerprint density at radius 3 is 2.48 bits per heavy atom. The summed E-state index contributed by atoms with van der Waals surface area (Å²) in [5.41, 5.74) is 7.34. The number of anilines is 2. The topological polar surface area (TPSA) is 75.4 Å². The van der Waals surface area contributed by atoms with Gasteiger partial charge >= 0.3 is 0 Å². The lowest BCUT2D eigenvalue weighted by Gasteiger charge is -2.40. The summed E-state index contributed by atoms with van der Waals surface area (Å²) < 4.78 is 26.8. The van der Waals surface area contributed by atoms with Crippen molar-refractivity contribution in [3.05, 3.63) is 18.2 Å². The molecule has 6 heteroatoms. The second kappa shape index (κ2) is 5.85. The van der Waals surface area contributed by atoms with Gasteiger partial charge in [0.1, 0.15) is 4.90 Å². The molecular formula is C15H25N3O2S. The average molecular weight is 311 g/mol. The van der Waals surface area contributed by atoms with Crippen LogP contribution in [-0.2, 0) is 10.0 Å². The number of nitrogens with two attached hydrogens (primary N) is 1. The van der Waals surface area contributed by atoms with E-state index in [9.17, 15) is 8.42 Å². The van der Waals surface area contributed by atoms with Crippen LogP contribution in [-0.4, -0.2) is 28.6 Å². The van der Waals surface area contributed by atoms with E-state index in [1.165, 1.54) is 13.1 Å². The molecule has 118 valence electrons. The molecule has 1 aromatic rings. The first kappa shape index (κ1) is 16.1. The molecule has 5 nitrogen and oxygen atoms in total. The molecule has 0 bridgehead atoms. The molecule has 0 amide bonds. The largest absolute Gasteiger partial charge is 0.399 e. The number of rotatable bonds is 4. The van der Waals surface area contributed by atoms with Crippen molar-refractivity contribution in [1.29, 1.82) is 0 Å². The molecule has 0 saturated carbocycles. The van der Waals surface area contributed by atoms with Gasteiger partial charge in [0.2, 0.25) is 10.0 Å². The minimum absolute atomic E-state index is 0.269. The van der Waals surface area contributed by atoms with Crippen molar-refractivity contribution >= 4 is 21.4 Å².